The summed E-state index contributed by atoms with van der Waals surface area (Å²) in [6.45, 7) is 2.52. The van der Waals surface area contributed by atoms with E-state index in [1.54, 1.807) is 43.4 Å². The summed E-state index contributed by atoms with van der Waals surface area (Å²) in [5.74, 6) is -1.22. The molecule has 1 unspecified atom stereocenters. The summed E-state index contributed by atoms with van der Waals surface area (Å²) in [4.78, 5) is 34.4. The third-order valence-electron chi connectivity index (χ3n) is 4.12. The first-order chi connectivity index (χ1) is 13.3. The Morgan fingerprint density at radius 3 is 2.89 bits per heavy atom. The highest BCUT2D eigenvalue weighted by Crippen LogP contribution is 2.22. The van der Waals surface area contributed by atoms with Gasteiger partial charge in [-0.3, -0.25) is 14.4 Å². The molecule has 7 nitrogen and oxygen atoms in total. The van der Waals surface area contributed by atoms with Crippen LogP contribution in [0.15, 0.2) is 46.5 Å². The van der Waals surface area contributed by atoms with Crippen LogP contribution in [-0.2, 0) is 25.5 Å². The van der Waals surface area contributed by atoms with E-state index in [1.165, 1.54) is 0 Å². The highest BCUT2D eigenvalue weighted by atomic mass is 79.9. The van der Waals surface area contributed by atoms with Gasteiger partial charge in [-0.15, -0.1) is 0 Å². The predicted molar refractivity (Wildman–Crippen MR) is 109 cm³/mol. The molecule has 150 valence electrons. The highest BCUT2D eigenvalue weighted by Gasteiger charge is 2.20. The molecular weight excluding hydrogens is 428 g/mol. The molecule has 1 aromatic carbocycles. The largest absolute Gasteiger partial charge is 0.481 e. The summed E-state index contributed by atoms with van der Waals surface area (Å²) < 4.78 is 6.22. The lowest BCUT2D eigenvalue weighted by Crippen LogP contribution is -2.29. The molecule has 0 spiro atoms. The number of anilines is 1. The zero-order chi connectivity index (χ0) is 20.5. The fraction of sp³-hybridized carbons (Fsp3) is 0.350. The van der Waals surface area contributed by atoms with Gasteiger partial charge in [-0.2, -0.15) is 0 Å². The molecule has 1 heterocycles. The van der Waals surface area contributed by atoms with Crippen LogP contribution < -0.4 is 10.6 Å². The maximum Gasteiger partial charge on any atom is 0.307 e. The fourth-order valence-corrected chi connectivity index (χ4v) is 3.05. The summed E-state index contributed by atoms with van der Waals surface area (Å²) in [7, 11) is 0. The van der Waals surface area contributed by atoms with Crippen molar-refractivity contribution in [3.05, 3.63) is 52.0 Å². The second-order valence-corrected chi connectivity index (χ2v) is 7.36. The summed E-state index contributed by atoms with van der Waals surface area (Å²) in [6, 6.07) is 5.16. The number of allylic oxidation sites excluding steroid dienone is 2. The monoisotopic (exact) mass is 450 g/mol. The minimum atomic E-state index is -0.971. The molecule has 0 bridgehead atoms. The minimum Gasteiger partial charge on any atom is -0.481 e. The molecule has 0 radical (unpaired) electrons. The molecule has 0 saturated carbocycles. The van der Waals surface area contributed by atoms with E-state index in [9.17, 15) is 14.4 Å². The first-order valence-corrected chi connectivity index (χ1v) is 9.66. The quantitative estimate of drug-likeness (QED) is 0.304. The van der Waals surface area contributed by atoms with Gasteiger partial charge in [0, 0.05) is 22.2 Å². The molecule has 1 saturated heterocycles. The number of nitrogens with one attached hydrogen (secondary N) is 2. The second kappa shape index (κ2) is 10.8. The molecule has 1 atom stereocenters. The van der Waals surface area contributed by atoms with Crippen molar-refractivity contribution in [1.82, 2.24) is 5.32 Å². The zero-order valence-corrected chi connectivity index (χ0v) is 17.1. The molecule has 0 aromatic heterocycles. The van der Waals surface area contributed by atoms with Crippen molar-refractivity contribution in [1.29, 1.82) is 0 Å². The number of hydrogen-bond acceptors (Lipinski definition) is 4. The van der Waals surface area contributed by atoms with Crippen LogP contribution >= 0.6 is 15.9 Å². The maximum atomic E-state index is 12.3. The van der Waals surface area contributed by atoms with Crippen LogP contribution in [-0.4, -0.2) is 42.1 Å². The minimum absolute atomic E-state index is 0.0611. The number of carboxylic acid groups (broad SMARTS) is 1. The van der Waals surface area contributed by atoms with Gasteiger partial charge in [-0.1, -0.05) is 34.2 Å². The number of carbonyl (C=O) groups is 3. The van der Waals surface area contributed by atoms with Crippen LogP contribution in [0, 0.1) is 0 Å². The van der Waals surface area contributed by atoms with Crippen molar-refractivity contribution in [3.63, 3.8) is 0 Å². The number of benzene rings is 1. The molecule has 0 aliphatic carbocycles. The number of hydrogen-bond donors (Lipinski definition) is 3. The molecule has 2 amide bonds. The lowest BCUT2D eigenvalue weighted by atomic mass is 10.1. The smallest absolute Gasteiger partial charge is 0.307 e. The molecule has 1 fully saturated rings. The SMILES string of the molecule is C/C(=C\C=C/COCC1CCC(=O)N1)C(=O)Nc1ccc(Br)cc1CC(=O)O. The van der Waals surface area contributed by atoms with Gasteiger partial charge in [0.1, 0.15) is 0 Å². The Morgan fingerprint density at radius 2 is 2.21 bits per heavy atom. The van der Waals surface area contributed by atoms with Gasteiger partial charge >= 0.3 is 5.97 Å². The van der Waals surface area contributed by atoms with Gasteiger partial charge in [-0.25, -0.2) is 0 Å². The first kappa shape index (κ1) is 21.8. The van der Waals surface area contributed by atoms with E-state index in [-0.39, 0.29) is 24.3 Å². The normalized spacial score (nSPS) is 17.0. The predicted octanol–water partition coefficient (Wildman–Crippen LogP) is 2.81. The number of aliphatic carboxylic acids is 1. The van der Waals surface area contributed by atoms with E-state index in [4.69, 9.17) is 9.84 Å². The fourth-order valence-electron chi connectivity index (χ4n) is 2.64. The molecule has 28 heavy (non-hydrogen) atoms. The van der Waals surface area contributed by atoms with E-state index >= 15 is 0 Å². The number of rotatable bonds is 9. The van der Waals surface area contributed by atoms with Crippen LogP contribution in [0.25, 0.3) is 0 Å². The number of carboxylic acids is 1. The molecular formula is C20H23BrN2O5. The van der Waals surface area contributed by atoms with E-state index < -0.39 is 5.97 Å². The molecule has 8 heteroatoms. The zero-order valence-electron chi connectivity index (χ0n) is 15.5. The molecule has 3 N–H and O–H groups in total. The molecule has 1 aromatic rings. The van der Waals surface area contributed by atoms with Gasteiger partial charge in [-0.05, 0) is 37.1 Å². The Morgan fingerprint density at radius 1 is 1.43 bits per heavy atom. The number of ether oxygens (including phenoxy) is 1. The van der Waals surface area contributed by atoms with Crippen LogP contribution in [0.5, 0.6) is 0 Å². The van der Waals surface area contributed by atoms with Crippen LogP contribution in [0.4, 0.5) is 5.69 Å². The Bertz CT molecular complexity index is 804. The standard InChI is InChI=1S/C20H23BrN2O5/c1-13(4-2-3-9-28-12-16-6-8-18(24)22-16)20(27)23-17-7-5-15(21)10-14(17)11-19(25)26/h2-5,7,10,16H,6,8-9,11-12H2,1H3,(H,22,24)(H,23,27)(H,25,26)/b3-2-,13-4+. The van der Waals surface area contributed by atoms with Crippen molar-refractivity contribution in [2.75, 3.05) is 18.5 Å². The number of carbonyl (C=O) groups excluding carboxylic acids is 2. The Labute approximate surface area is 172 Å². The second-order valence-electron chi connectivity index (χ2n) is 6.44. The van der Waals surface area contributed by atoms with Gasteiger partial charge < -0.3 is 20.5 Å². The lowest BCUT2D eigenvalue weighted by Gasteiger charge is -2.10. The average molecular weight is 451 g/mol. The molecule has 1 aliphatic rings. The molecule has 1 aliphatic heterocycles. The van der Waals surface area contributed by atoms with E-state index in [1.807, 2.05) is 0 Å². The van der Waals surface area contributed by atoms with Gasteiger partial charge in [0.2, 0.25) is 5.91 Å². The number of amides is 2. The first-order valence-electron chi connectivity index (χ1n) is 8.87. The Hall–Kier alpha value is -2.45. The van der Waals surface area contributed by atoms with E-state index in [0.717, 1.165) is 10.9 Å². The van der Waals surface area contributed by atoms with Crippen molar-refractivity contribution in [2.24, 2.45) is 0 Å². The van der Waals surface area contributed by atoms with Gasteiger partial charge in [0.05, 0.1) is 25.7 Å². The summed E-state index contributed by atoms with van der Waals surface area (Å²) in [5, 5.41) is 14.6. The highest BCUT2D eigenvalue weighted by molar-refractivity contribution is 9.10. The molecule has 2 rings (SSSR count). The van der Waals surface area contributed by atoms with Crippen LogP contribution in [0.2, 0.25) is 0 Å². The third kappa shape index (κ3) is 7.28. The Balaban J connectivity index is 1.83. The number of halogens is 1. The van der Waals surface area contributed by atoms with Crippen LogP contribution in [0.1, 0.15) is 25.3 Å². The Kier molecular flexibility index (Phi) is 8.41. The topological polar surface area (TPSA) is 105 Å². The maximum absolute atomic E-state index is 12.3. The summed E-state index contributed by atoms with van der Waals surface area (Å²) >= 11 is 3.30. The van der Waals surface area contributed by atoms with Gasteiger partial charge in [0.25, 0.3) is 5.91 Å². The van der Waals surface area contributed by atoms with Gasteiger partial charge in [0.15, 0.2) is 0 Å². The van der Waals surface area contributed by atoms with Crippen molar-refractivity contribution in [2.45, 2.75) is 32.2 Å². The summed E-state index contributed by atoms with van der Waals surface area (Å²) in [6.07, 6.45) is 6.32. The average Bonchev–Trinajstić information content (AvgIpc) is 3.04. The van der Waals surface area contributed by atoms with Crippen molar-refractivity contribution >= 4 is 39.4 Å². The van der Waals surface area contributed by atoms with E-state index in [0.29, 0.717) is 36.5 Å². The third-order valence-corrected chi connectivity index (χ3v) is 4.61. The lowest BCUT2D eigenvalue weighted by molar-refractivity contribution is -0.136. The van der Waals surface area contributed by atoms with Crippen molar-refractivity contribution in [3.8, 4) is 0 Å². The van der Waals surface area contributed by atoms with E-state index in [2.05, 4.69) is 26.6 Å². The van der Waals surface area contributed by atoms with Crippen LogP contribution in [0.3, 0.4) is 0 Å². The van der Waals surface area contributed by atoms with Crippen molar-refractivity contribution < 1.29 is 24.2 Å². The summed E-state index contributed by atoms with van der Waals surface area (Å²) in [5.41, 5.74) is 1.46.